The molecule has 1 N–H and O–H groups in total. The highest BCUT2D eigenvalue weighted by Crippen LogP contribution is 2.19. The molecule has 0 bridgehead atoms. The summed E-state index contributed by atoms with van der Waals surface area (Å²) in [5, 5.41) is 9.19. The van der Waals surface area contributed by atoms with Crippen LogP contribution in [0.15, 0.2) is 29.4 Å². The third-order valence-electron chi connectivity index (χ3n) is 3.16. The molecule has 0 spiro atoms. The highest BCUT2D eigenvalue weighted by atomic mass is 32.2. The van der Waals surface area contributed by atoms with Crippen LogP contribution < -0.4 is 5.32 Å². The fourth-order valence-corrected chi connectivity index (χ4v) is 2.84. The number of cyclic esters (lactones) is 1. The highest BCUT2D eigenvalue weighted by Gasteiger charge is 2.20. The monoisotopic (exact) mass is 365 g/mol. The second-order valence-electron chi connectivity index (χ2n) is 5.59. The summed E-state index contributed by atoms with van der Waals surface area (Å²) in [5.41, 5.74) is 1.50. The van der Waals surface area contributed by atoms with E-state index >= 15 is 0 Å². The van der Waals surface area contributed by atoms with Gasteiger partial charge in [-0.2, -0.15) is 10.1 Å². The molecule has 136 valence electrons. The van der Waals surface area contributed by atoms with Crippen molar-refractivity contribution in [1.29, 1.82) is 0 Å². The third-order valence-corrected chi connectivity index (χ3v) is 4.04. The summed E-state index contributed by atoms with van der Waals surface area (Å²) < 4.78 is 10.1. The number of rotatable bonds is 5. The number of carbonyl (C=O) groups excluding carboxylic acids is 2. The van der Waals surface area contributed by atoms with Gasteiger partial charge in [0.2, 0.25) is 0 Å². The van der Waals surface area contributed by atoms with Gasteiger partial charge in [0.1, 0.15) is 5.04 Å². The lowest BCUT2D eigenvalue weighted by molar-refractivity contribution is 0.0745. The fourth-order valence-electron chi connectivity index (χ4n) is 2.10. The molecule has 0 unspecified atom stereocenters. The lowest BCUT2D eigenvalue weighted by Gasteiger charge is -2.22. The van der Waals surface area contributed by atoms with E-state index in [0.29, 0.717) is 18.8 Å². The van der Waals surface area contributed by atoms with Crippen LogP contribution in [-0.4, -0.2) is 47.2 Å². The van der Waals surface area contributed by atoms with Gasteiger partial charge in [-0.1, -0.05) is 19.1 Å². The van der Waals surface area contributed by atoms with E-state index in [1.807, 2.05) is 19.1 Å². The number of hydrazone groups is 1. The molecule has 0 atom stereocenters. The molecule has 1 aliphatic heterocycles. The van der Waals surface area contributed by atoms with Gasteiger partial charge >= 0.3 is 12.2 Å². The summed E-state index contributed by atoms with van der Waals surface area (Å²) in [4.78, 5) is 23.4. The molecule has 0 aromatic heterocycles. The van der Waals surface area contributed by atoms with Crippen LogP contribution >= 0.6 is 11.8 Å². The molecule has 0 saturated carbocycles. The van der Waals surface area contributed by atoms with Crippen molar-refractivity contribution >= 4 is 34.7 Å². The van der Waals surface area contributed by atoms with Crippen molar-refractivity contribution in [2.75, 3.05) is 24.2 Å². The molecule has 0 aliphatic carbocycles. The van der Waals surface area contributed by atoms with Crippen molar-refractivity contribution in [3.8, 4) is 0 Å². The smallest absolute Gasteiger partial charge is 0.430 e. The summed E-state index contributed by atoms with van der Waals surface area (Å²) in [6, 6.07) is 7.25. The number of anilines is 1. The minimum Gasteiger partial charge on any atom is -0.448 e. The van der Waals surface area contributed by atoms with Crippen LogP contribution in [0.2, 0.25) is 0 Å². The molecular formula is C17H23N3O4S. The zero-order valence-corrected chi connectivity index (χ0v) is 15.5. The minimum absolute atomic E-state index is 0.178. The number of carbonyl (C=O) groups is 2. The molecule has 1 aromatic carbocycles. The average Bonchev–Trinajstić information content (AvgIpc) is 2.56. The molecule has 1 aliphatic rings. The van der Waals surface area contributed by atoms with Crippen LogP contribution in [0.1, 0.15) is 32.8 Å². The first-order chi connectivity index (χ1) is 12.0. The molecule has 1 fully saturated rings. The lowest BCUT2D eigenvalue weighted by atomic mass is 10.2. The van der Waals surface area contributed by atoms with Gasteiger partial charge in [0.25, 0.3) is 0 Å². The SMILES string of the molecule is CCS/C(=N\N1CCCOC1=O)c1ccc(NC(=O)OC(C)C)cc1. The maximum Gasteiger partial charge on any atom is 0.430 e. The van der Waals surface area contributed by atoms with E-state index < -0.39 is 12.2 Å². The van der Waals surface area contributed by atoms with Gasteiger partial charge in [-0.05, 0) is 31.7 Å². The van der Waals surface area contributed by atoms with Gasteiger partial charge in [0.15, 0.2) is 0 Å². The maximum atomic E-state index is 11.8. The van der Waals surface area contributed by atoms with Gasteiger partial charge in [0.05, 0.1) is 19.3 Å². The Morgan fingerprint density at radius 1 is 1.40 bits per heavy atom. The third kappa shape index (κ3) is 5.97. The number of hydrogen-bond donors (Lipinski definition) is 1. The summed E-state index contributed by atoms with van der Waals surface area (Å²) in [7, 11) is 0. The Bertz CT molecular complexity index is 631. The normalized spacial score (nSPS) is 15.1. The molecule has 8 heteroatoms. The Morgan fingerprint density at radius 2 is 2.12 bits per heavy atom. The number of hydrogen-bond acceptors (Lipinski definition) is 6. The Morgan fingerprint density at radius 3 is 2.72 bits per heavy atom. The van der Waals surface area contributed by atoms with Crippen molar-refractivity contribution in [2.24, 2.45) is 5.10 Å². The molecule has 25 heavy (non-hydrogen) atoms. The van der Waals surface area contributed by atoms with Crippen LogP contribution in [0, 0.1) is 0 Å². The zero-order valence-electron chi connectivity index (χ0n) is 14.7. The van der Waals surface area contributed by atoms with Gasteiger partial charge in [0, 0.05) is 17.7 Å². The summed E-state index contributed by atoms with van der Waals surface area (Å²) in [5.74, 6) is 0.822. The van der Waals surface area contributed by atoms with E-state index in [1.54, 1.807) is 37.7 Å². The van der Waals surface area contributed by atoms with E-state index in [9.17, 15) is 9.59 Å². The molecular weight excluding hydrogens is 342 g/mol. The largest absolute Gasteiger partial charge is 0.448 e. The number of amides is 2. The average molecular weight is 365 g/mol. The van der Waals surface area contributed by atoms with Gasteiger partial charge in [-0.15, -0.1) is 11.8 Å². The first-order valence-corrected chi connectivity index (χ1v) is 9.22. The number of nitrogens with one attached hydrogen (secondary N) is 1. The number of nitrogens with zero attached hydrogens (tertiary/aromatic N) is 2. The van der Waals surface area contributed by atoms with E-state index in [1.165, 1.54) is 5.01 Å². The van der Waals surface area contributed by atoms with Gasteiger partial charge in [-0.25, -0.2) is 9.59 Å². The van der Waals surface area contributed by atoms with E-state index in [2.05, 4.69) is 10.4 Å². The highest BCUT2D eigenvalue weighted by molar-refractivity contribution is 8.14. The number of ether oxygens (including phenoxy) is 2. The Labute approximate surface area is 151 Å². The Hall–Kier alpha value is -2.22. The second kappa shape index (κ2) is 9.31. The van der Waals surface area contributed by atoms with Crippen LogP contribution in [0.3, 0.4) is 0 Å². The minimum atomic E-state index is -0.490. The lowest BCUT2D eigenvalue weighted by Crippen LogP contribution is -2.34. The predicted octanol–water partition coefficient (Wildman–Crippen LogP) is 3.90. The molecule has 2 rings (SSSR count). The van der Waals surface area contributed by atoms with E-state index in [-0.39, 0.29) is 6.10 Å². The number of thioether (sulfide) groups is 1. The molecule has 7 nitrogen and oxygen atoms in total. The van der Waals surface area contributed by atoms with Gasteiger partial charge in [-0.3, -0.25) is 5.32 Å². The molecule has 0 radical (unpaired) electrons. The fraction of sp³-hybridized carbons (Fsp3) is 0.471. The van der Waals surface area contributed by atoms with Crippen LogP contribution in [0.25, 0.3) is 0 Å². The first kappa shape index (κ1) is 19.1. The Balaban J connectivity index is 2.10. The summed E-state index contributed by atoms with van der Waals surface area (Å²) in [6.45, 7) is 6.59. The van der Waals surface area contributed by atoms with Crippen molar-refractivity contribution in [1.82, 2.24) is 5.01 Å². The first-order valence-electron chi connectivity index (χ1n) is 8.23. The van der Waals surface area contributed by atoms with Gasteiger partial charge < -0.3 is 9.47 Å². The number of benzene rings is 1. The van der Waals surface area contributed by atoms with Crippen molar-refractivity contribution < 1.29 is 19.1 Å². The quantitative estimate of drug-likeness (QED) is 0.632. The Kier molecular flexibility index (Phi) is 7.12. The van der Waals surface area contributed by atoms with E-state index in [0.717, 1.165) is 22.8 Å². The molecule has 1 saturated heterocycles. The standard InChI is InChI=1S/C17H23N3O4S/c1-4-25-15(19-20-10-5-11-23-17(20)22)13-6-8-14(9-7-13)18-16(21)24-12(2)3/h6-9,12H,4-5,10-11H2,1-3H3,(H,18,21)/b19-15-. The van der Waals surface area contributed by atoms with E-state index in [4.69, 9.17) is 9.47 Å². The van der Waals surface area contributed by atoms with Crippen molar-refractivity contribution in [3.05, 3.63) is 29.8 Å². The van der Waals surface area contributed by atoms with Crippen LogP contribution in [0.5, 0.6) is 0 Å². The zero-order chi connectivity index (χ0) is 18.2. The van der Waals surface area contributed by atoms with Crippen molar-refractivity contribution in [2.45, 2.75) is 33.3 Å². The van der Waals surface area contributed by atoms with Crippen LogP contribution in [0.4, 0.5) is 15.3 Å². The summed E-state index contributed by atoms with van der Waals surface area (Å²) >= 11 is 1.54. The topological polar surface area (TPSA) is 80.2 Å². The predicted molar refractivity (Wildman–Crippen MR) is 99.0 cm³/mol. The molecule has 1 heterocycles. The molecule has 1 aromatic rings. The van der Waals surface area contributed by atoms with Crippen molar-refractivity contribution in [3.63, 3.8) is 0 Å². The van der Waals surface area contributed by atoms with Crippen LogP contribution in [-0.2, 0) is 9.47 Å². The molecule has 2 amide bonds. The maximum absolute atomic E-state index is 11.8. The summed E-state index contributed by atoms with van der Waals surface area (Å²) in [6.07, 6.45) is -0.325. The second-order valence-corrected chi connectivity index (χ2v) is 6.84.